The topological polar surface area (TPSA) is 64.1 Å². The number of nitrogens with one attached hydrogen (secondary N) is 2. The van der Waals surface area contributed by atoms with Crippen molar-refractivity contribution in [1.29, 1.82) is 0 Å². The summed E-state index contributed by atoms with van der Waals surface area (Å²) >= 11 is 0. The van der Waals surface area contributed by atoms with Crippen LogP contribution in [0, 0.1) is 0 Å². The third-order valence-electron chi connectivity index (χ3n) is 5.80. The molecule has 4 rings (SSSR count). The van der Waals surface area contributed by atoms with Gasteiger partial charge in [0.2, 0.25) is 6.79 Å². The fourth-order valence-electron chi connectivity index (χ4n) is 4.02. The highest BCUT2D eigenvalue weighted by molar-refractivity contribution is 14.0. The number of rotatable bonds is 6. The van der Waals surface area contributed by atoms with Crippen molar-refractivity contribution in [3.63, 3.8) is 0 Å². The van der Waals surface area contributed by atoms with Gasteiger partial charge in [0.15, 0.2) is 17.5 Å². The van der Waals surface area contributed by atoms with E-state index in [9.17, 15) is 0 Å². The molecule has 0 aliphatic carbocycles. The number of guanidine groups is 1. The van der Waals surface area contributed by atoms with Gasteiger partial charge < -0.3 is 24.8 Å². The minimum absolute atomic E-state index is 0. The first-order chi connectivity index (χ1) is 14.3. The van der Waals surface area contributed by atoms with Crippen LogP contribution < -0.4 is 20.1 Å². The molecule has 2 aromatic rings. The predicted octanol–water partition coefficient (Wildman–Crippen LogP) is 3.49. The monoisotopic (exact) mass is 523 g/mol. The van der Waals surface area contributed by atoms with E-state index in [0.29, 0.717) is 6.79 Å². The van der Waals surface area contributed by atoms with Gasteiger partial charge in [-0.3, -0.25) is 4.99 Å². The van der Waals surface area contributed by atoms with Crippen molar-refractivity contribution < 1.29 is 14.2 Å². The van der Waals surface area contributed by atoms with E-state index >= 15 is 0 Å². The summed E-state index contributed by atoms with van der Waals surface area (Å²) in [5.74, 6) is 2.48. The second kappa shape index (κ2) is 10.9. The van der Waals surface area contributed by atoms with Gasteiger partial charge in [0.05, 0.1) is 0 Å². The zero-order chi connectivity index (χ0) is 19.9. The molecule has 2 heterocycles. The molecule has 2 aliphatic rings. The highest BCUT2D eigenvalue weighted by Crippen LogP contribution is 2.34. The first-order valence-corrected chi connectivity index (χ1v) is 10.3. The Morgan fingerprint density at radius 1 is 1.00 bits per heavy atom. The van der Waals surface area contributed by atoms with Gasteiger partial charge in [-0.15, -0.1) is 24.0 Å². The summed E-state index contributed by atoms with van der Waals surface area (Å²) in [6.07, 6.45) is 2.91. The minimum atomic E-state index is 0. The molecule has 0 atom stereocenters. The summed E-state index contributed by atoms with van der Waals surface area (Å²) in [5.41, 5.74) is 2.66. The maximum absolute atomic E-state index is 5.63. The van der Waals surface area contributed by atoms with Crippen LogP contribution in [0.4, 0.5) is 0 Å². The Morgan fingerprint density at radius 3 is 2.53 bits per heavy atom. The number of aliphatic imine (C=N–C) groups is 1. The summed E-state index contributed by atoms with van der Waals surface area (Å²) in [6.45, 7) is 3.53. The van der Waals surface area contributed by atoms with Gasteiger partial charge in [-0.1, -0.05) is 36.4 Å². The molecule has 2 N–H and O–H groups in total. The highest BCUT2D eigenvalue weighted by Gasteiger charge is 2.34. The Labute approximate surface area is 195 Å². The lowest BCUT2D eigenvalue weighted by atomic mass is 9.74. The van der Waals surface area contributed by atoms with Crippen LogP contribution in [0.5, 0.6) is 11.5 Å². The predicted molar refractivity (Wildman–Crippen MR) is 129 cm³/mol. The molecule has 0 spiro atoms. The number of nitrogens with zero attached hydrogens (tertiary/aromatic N) is 1. The van der Waals surface area contributed by atoms with E-state index in [1.54, 1.807) is 0 Å². The molecular weight excluding hydrogens is 493 g/mol. The van der Waals surface area contributed by atoms with Crippen LogP contribution in [0.1, 0.15) is 24.0 Å². The van der Waals surface area contributed by atoms with Crippen LogP contribution in [0.2, 0.25) is 0 Å². The van der Waals surface area contributed by atoms with E-state index in [0.717, 1.165) is 63.0 Å². The van der Waals surface area contributed by atoms with Gasteiger partial charge in [-0.05, 0) is 42.5 Å². The Hall–Kier alpha value is -2.00. The average molecular weight is 523 g/mol. The van der Waals surface area contributed by atoms with Crippen molar-refractivity contribution in [2.75, 3.05) is 40.1 Å². The van der Waals surface area contributed by atoms with E-state index in [1.807, 2.05) is 19.2 Å². The quantitative estimate of drug-likeness (QED) is 0.345. The summed E-state index contributed by atoms with van der Waals surface area (Å²) < 4.78 is 16.5. The number of halogens is 1. The molecule has 30 heavy (non-hydrogen) atoms. The zero-order valence-corrected chi connectivity index (χ0v) is 19.7. The van der Waals surface area contributed by atoms with Gasteiger partial charge in [0.1, 0.15) is 0 Å². The summed E-state index contributed by atoms with van der Waals surface area (Å²) in [7, 11) is 1.81. The Kier molecular flexibility index (Phi) is 8.21. The molecule has 1 saturated heterocycles. The van der Waals surface area contributed by atoms with Gasteiger partial charge in [0, 0.05) is 38.8 Å². The first-order valence-electron chi connectivity index (χ1n) is 10.3. The molecule has 0 amide bonds. The maximum atomic E-state index is 5.63. The molecule has 0 unspecified atom stereocenters. The van der Waals surface area contributed by atoms with E-state index < -0.39 is 0 Å². The maximum Gasteiger partial charge on any atom is 0.231 e. The van der Waals surface area contributed by atoms with E-state index in [2.05, 4.69) is 52.0 Å². The molecule has 162 valence electrons. The molecule has 0 saturated carbocycles. The van der Waals surface area contributed by atoms with E-state index in [4.69, 9.17) is 14.2 Å². The number of hydrogen-bond donors (Lipinski definition) is 2. The normalized spacial score (nSPS) is 17.2. The average Bonchev–Trinajstić information content (AvgIpc) is 3.25. The lowest BCUT2D eigenvalue weighted by molar-refractivity contribution is 0.0514. The highest BCUT2D eigenvalue weighted by atomic mass is 127. The number of benzene rings is 2. The molecule has 6 nitrogen and oxygen atoms in total. The molecule has 0 aromatic heterocycles. The fraction of sp³-hybridized carbons (Fsp3) is 0.435. The summed E-state index contributed by atoms with van der Waals surface area (Å²) in [6, 6.07) is 16.9. The van der Waals surface area contributed by atoms with Gasteiger partial charge in [-0.25, -0.2) is 0 Å². The summed E-state index contributed by atoms with van der Waals surface area (Å²) in [5, 5.41) is 6.97. The molecule has 0 radical (unpaired) electrons. The number of fused-ring (bicyclic) bond motifs is 1. The number of hydrogen-bond acceptors (Lipinski definition) is 4. The van der Waals surface area contributed by atoms with Crippen molar-refractivity contribution in [2.45, 2.75) is 24.7 Å². The van der Waals surface area contributed by atoms with Gasteiger partial charge >= 0.3 is 0 Å². The molecule has 0 bridgehead atoms. The minimum Gasteiger partial charge on any atom is -0.454 e. The molecular formula is C23H30IN3O3. The lowest BCUT2D eigenvalue weighted by Crippen LogP contribution is -2.48. The molecule has 2 aromatic carbocycles. The van der Waals surface area contributed by atoms with Gasteiger partial charge in [0.25, 0.3) is 0 Å². The van der Waals surface area contributed by atoms with Crippen LogP contribution >= 0.6 is 24.0 Å². The second-order valence-electron chi connectivity index (χ2n) is 7.55. The lowest BCUT2D eigenvalue weighted by Gasteiger charge is -2.38. The van der Waals surface area contributed by atoms with Crippen molar-refractivity contribution in [3.05, 3.63) is 59.7 Å². The molecule has 1 fully saturated rings. The third-order valence-corrected chi connectivity index (χ3v) is 5.80. The summed E-state index contributed by atoms with van der Waals surface area (Å²) in [4.78, 5) is 4.40. The van der Waals surface area contributed by atoms with Crippen LogP contribution in [0.3, 0.4) is 0 Å². The third kappa shape index (κ3) is 5.37. The Bertz CT molecular complexity index is 839. The van der Waals surface area contributed by atoms with Crippen LogP contribution in [-0.4, -0.2) is 46.1 Å². The van der Waals surface area contributed by atoms with Crippen molar-refractivity contribution in [3.8, 4) is 11.5 Å². The zero-order valence-electron chi connectivity index (χ0n) is 17.4. The first kappa shape index (κ1) is 22.7. The molecule has 7 heteroatoms. The van der Waals surface area contributed by atoms with Crippen LogP contribution in [-0.2, 0) is 16.6 Å². The second-order valence-corrected chi connectivity index (χ2v) is 7.55. The Balaban J connectivity index is 0.00000256. The van der Waals surface area contributed by atoms with Crippen LogP contribution in [0.15, 0.2) is 53.5 Å². The van der Waals surface area contributed by atoms with Gasteiger partial charge in [-0.2, -0.15) is 0 Å². The van der Waals surface area contributed by atoms with E-state index in [-0.39, 0.29) is 29.4 Å². The van der Waals surface area contributed by atoms with Crippen molar-refractivity contribution in [1.82, 2.24) is 10.6 Å². The fourth-order valence-corrected chi connectivity index (χ4v) is 4.02. The molecule has 2 aliphatic heterocycles. The largest absolute Gasteiger partial charge is 0.454 e. The van der Waals surface area contributed by atoms with Crippen LogP contribution in [0.25, 0.3) is 0 Å². The SMILES string of the molecule is CN=C(NCCc1ccc2c(c1)OCO2)NCC1(c2ccccc2)CCOCC1.I. The number of ether oxygens (including phenoxy) is 3. The smallest absolute Gasteiger partial charge is 0.231 e. The Morgan fingerprint density at radius 2 is 1.77 bits per heavy atom. The van der Waals surface area contributed by atoms with Crippen molar-refractivity contribution in [2.24, 2.45) is 4.99 Å². The van der Waals surface area contributed by atoms with Crippen molar-refractivity contribution >= 4 is 29.9 Å². The standard InChI is InChI=1S/C23H29N3O3.HI/c1-24-22(25-12-9-18-7-8-20-21(15-18)29-17-28-20)26-16-23(10-13-27-14-11-23)19-5-3-2-4-6-19;/h2-8,15H,9-14,16-17H2,1H3,(H2,24,25,26);1H. The van der Waals surface area contributed by atoms with E-state index in [1.165, 1.54) is 11.1 Å².